The summed E-state index contributed by atoms with van der Waals surface area (Å²) in [5.74, 6) is -1.43. The monoisotopic (exact) mass is 424 g/mol. The molecule has 3 rings (SSSR count). The molecule has 1 atom stereocenters. The minimum atomic E-state index is -4.91. The van der Waals surface area contributed by atoms with E-state index in [2.05, 4.69) is 0 Å². The number of hydrogen-bond acceptors (Lipinski definition) is 3. The lowest BCUT2D eigenvalue weighted by molar-refractivity contribution is -0.140. The molecular weight excluding hydrogens is 404 g/mol. The van der Waals surface area contributed by atoms with E-state index in [1.165, 1.54) is 6.07 Å². The number of rotatable bonds is 5. The summed E-state index contributed by atoms with van der Waals surface area (Å²) < 4.78 is 79.0. The largest absolute Gasteiger partial charge is 0.465 e. The number of amides is 1. The van der Waals surface area contributed by atoms with Gasteiger partial charge < -0.3 is 10.0 Å². The highest BCUT2D eigenvalue weighted by Crippen LogP contribution is 2.53. The minimum absolute atomic E-state index is 0.0616. The van der Waals surface area contributed by atoms with Gasteiger partial charge in [-0.05, 0) is 43.4 Å². The Hall–Kier alpha value is -1.88. The fraction of sp³-hybridized carbons (Fsp3) is 0.588. The van der Waals surface area contributed by atoms with Gasteiger partial charge in [-0.1, -0.05) is 6.07 Å². The van der Waals surface area contributed by atoms with E-state index in [1.54, 1.807) is 0 Å². The van der Waals surface area contributed by atoms with E-state index in [1.807, 2.05) is 0 Å². The topological polar surface area (TPSA) is 77.9 Å². The Morgan fingerprint density at radius 1 is 1.36 bits per heavy atom. The van der Waals surface area contributed by atoms with E-state index < -0.39 is 45.3 Å². The van der Waals surface area contributed by atoms with Crippen LogP contribution in [-0.2, 0) is 21.7 Å². The van der Waals surface area contributed by atoms with Gasteiger partial charge in [0.25, 0.3) is 0 Å². The van der Waals surface area contributed by atoms with Crippen LogP contribution in [0.1, 0.15) is 36.8 Å². The molecule has 6 nitrogen and oxygen atoms in total. The second-order valence-corrected chi connectivity index (χ2v) is 9.20. The van der Waals surface area contributed by atoms with Gasteiger partial charge in [0.2, 0.25) is 10.0 Å². The van der Waals surface area contributed by atoms with Gasteiger partial charge in [-0.15, -0.1) is 0 Å². The number of likely N-dealkylation sites (tertiary alicyclic amines) is 1. The van der Waals surface area contributed by atoms with Crippen LogP contribution >= 0.6 is 0 Å². The van der Waals surface area contributed by atoms with Crippen LogP contribution in [0.5, 0.6) is 0 Å². The second kappa shape index (κ2) is 6.87. The van der Waals surface area contributed by atoms with Crippen LogP contribution in [0, 0.1) is 5.82 Å². The van der Waals surface area contributed by atoms with Crippen LogP contribution in [0.15, 0.2) is 18.2 Å². The molecule has 1 aromatic rings. The first-order valence-corrected chi connectivity index (χ1v) is 10.6. The molecule has 2 fully saturated rings. The summed E-state index contributed by atoms with van der Waals surface area (Å²) in [6.07, 6.45) is -3.52. The molecule has 28 heavy (non-hydrogen) atoms. The van der Waals surface area contributed by atoms with Crippen LogP contribution in [-0.4, -0.2) is 54.2 Å². The number of nitrogens with zero attached hydrogens (tertiary/aromatic N) is 2. The summed E-state index contributed by atoms with van der Waals surface area (Å²) in [7, 11) is -3.86. The maximum Gasteiger partial charge on any atom is 0.419 e. The zero-order valence-corrected chi connectivity index (χ0v) is 15.9. The smallest absolute Gasteiger partial charge is 0.419 e. The molecule has 1 aliphatic heterocycles. The molecule has 0 bridgehead atoms. The van der Waals surface area contributed by atoms with Gasteiger partial charge in [0.05, 0.1) is 17.4 Å². The average Bonchev–Trinajstić information content (AvgIpc) is 3.20. The Morgan fingerprint density at radius 3 is 2.50 bits per heavy atom. The quantitative estimate of drug-likeness (QED) is 0.737. The van der Waals surface area contributed by atoms with E-state index in [-0.39, 0.29) is 31.5 Å². The van der Waals surface area contributed by atoms with Gasteiger partial charge in [0.1, 0.15) is 5.82 Å². The van der Waals surface area contributed by atoms with Gasteiger partial charge in [0.15, 0.2) is 0 Å². The molecule has 1 aromatic carbocycles. The van der Waals surface area contributed by atoms with E-state index in [9.17, 15) is 35.9 Å². The molecule has 1 saturated carbocycles. The highest BCUT2D eigenvalue weighted by molar-refractivity contribution is 7.88. The van der Waals surface area contributed by atoms with E-state index >= 15 is 0 Å². The van der Waals surface area contributed by atoms with E-state index in [0.29, 0.717) is 25.0 Å². The SMILES string of the molecule is CS(=O)(=O)N(CC1CCCN1C(=O)O)C1(c2ccc(F)c(C(F)(F)F)c2)CC1. The summed E-state index contributed by atoms with van der Waals surface area (Å²) in [6, 6.07) is 1.94. The molecule has 11 heteroatoms. The van der Waals surface area contributed by atoms with Gasteiger partial charge in [0, 0.05) is 19.1 Å². The summed E-state index contributed by atoms with van der Waals surface area (Å²) in [4.78, 5) is 12.5. The molecule has 2 aliphatic rings. The Morgan fingerprint density at radius 2 is 2.00 bits per heavy atom. The Kier molecular flexibility index (Phi) is 5.11. The first kappa shape index (κ1) is 20.8. The van der Waals surface area contributed by atoms with Crippen LogP contribution in [0.25, 0.3) is 0 Å². The number of sulfonamides is 1. The Bertz CT molecular complexity index is 884. The number of halogens is 4. The van der Waals surface area contributed by atoms with Crippen molar-refractivity contribution in [3.8, 4) is 0 Å². The molecule has 0 radical (unpaired) electrons. The lowest BCUT2D eigenvalue weighted by Crippen LogP contribution is -2.48. The molecule has 0 spiro atoms. The van der Waals surface area contributed by atoms with Crippen molar-refractivity contribution >= 4 is 16.1 Å². The van der Waals surface area contributed by atoms with Crippen LogP contribution < -0.4 is 0 Å². The van der Waals surface area contributed by atoms with Crippen molar-refractivity contribution in [2.24, 2.45) is 0 Å². The molecule has 1 N–H and O–H groups in total. The third kappa shape index (κ3) is 3.82. The van der Waals surface area contributed by atoms with Crippen molar-refractivity contribution in [3.05, 3.63) is 35.1 Å². The summed E-state index contributed by atoms with van der Waals surface area (Å²) in [5.41, 5.74) is -2.60. The highest BCUT2D eigenvalue weighted by Gasteiger charge is 2.55. The standard InChI is InChI=1S/C17H20F4N2O4S/c1-28(26,27)23(10-12-3-2-8-22(12)15(24)25)16(6-7-16)11-4-5-14(18)13(9-11)17(19,20)21/h4-5,9,12H,2-3,6-8,10H2,1H3,(H,24,25). The molecule has 1 unspecified atom stereocenters. The molecule has 1 amide bonds. The minimum Gasteiger partial charge on any atom is -0.465 e. The highest BCUT2D eigenvalue weighted by atomic mass is 32.2. The zero-order valence-electron chi connectivity index (χ0n) is 15.0. The van der Waals surface area contributed by atoms with Gasteiger partial charge in [-0.2, -0.15) is 17.5 Å². The van der Waals surface area contributed by atoms with Crippen LogP contribution in [0.4, 0.5) is 22.4 Å². The van der Waals surface area contributed by atoms with Crippen molar-refractivity contribution in [2.75, 3.05) is 19.3 Å². The van der Waals surface area contributed by atoms with Gasteiger partial charge in [-0.25, -0.2) is 17.6 Å². The van der Waals surface area contributed by atoms with E-state index in [0.717, 1.165) is 15.5 Å². The molecule has 156 valence electrons. The third-order valence-corrected chi connectivity index (χ3v) is 6.71. The Labute approximate surface area is 159 Å². The van der Waals surface area contributed by atoms with Crippen molar-refractivity contribution < 1.29 is 35.9 Å². The number of carboxylic acid groups (broad SMARTS) is 1. The first-order chi connectivity index (χ1) is 12.9. The fourth-order valence-corrected chi connectivity index (χ4v) is 5.29. The van der Waals surface area contributed by atoms with Crippen molar-refractivity contribution in [1.29, 1.82) is 0 Å². The normalized spacial score (nSPS) is 21.9. The fourth-order valence-electron chi connectivity index (χ4n) is 3.93. The maximum absolute atomic E-state index is 13.7. The zero-order chi connectivity index (χ0) is 20.9. The lowest BCUT2D eigenvalue weighted by atomic mass is 10.0. The molecular formula is C17H20F4N2O4S. The van der Waals surface area contributed by atoms with E-state index in [4.69, 9.17) is 0 Å². The molecule has 0 aromatic heterocycles. The van der Waals surface area contributed by atoms with Crippen molar-refractivity contribution in [2.45, 2.75) is 43.4 Å². The average molecular weight is 424 g/mol. The number of benzene rings is 1. The summed E-state index contributed by atoms with van der Waals surface area (Å²) >= 11 is 0. The van der Waals surface area contributed by atoms with Gasteiger partial charge >= 0.3 is 12.3 Å². The molecule has 1 saturated heterocycles. The molecule has 1 heterocycles. The van der Waals surface area contributed by atoms with Gasteiger partial charge in [-0.3, -0.25) is 0 Å². The lowest BCUT2D eigenvalue weighted by Gasteiger charge is -2.34. The predicted molar refractivity (Wildman–Crippen MR) is 91.6 cm³/mol. The van der Waals surface area contributed by atoms with Crippen LogP contribution in [0.3, 0.4) is 0 Å². The maximum atomic E-state index is 13.7. The first-order valence-electron chi connectivity index (χ1n) is 8.71. The number of carbonyl (C=O) groups is 1. The van der Waals surface area contributed by atoms with Crippen LogP contribution in [0.2, 0.25) is 0 Å². The molecule has 1 aliphatic carbocycles. The Balaban J connectivity index is 1.99. The van der Waals surface area contributed by atoms with Crippen molar-refractivity contribution in [3.63, 3.8) is 0 Å². The second-order valence-electron chi connectivity index (χ2n) is 7.29. The predicted octanol–water partition coefficient (Wildman–Crippen LogP) is 3.24. The number of hydrogen-bond donors (Lipinski definition) is 1. The number of alkyl halides is 3. The summed E-state index contributed by atoms with van der Waals surface area (Å²) in [5, 5.41) is 9.28. The third-order valence-electron chi connectivity index (χ3n) is 5.41. The summed E-state index contributed by atoms with van der Waals surface area (Å²) in [6.45, 7) is 0.128. The van der Waals surface area contributed by atoms with Crippen molar-refractivity contribution in [1.82, 2.24) is 9.21 Å².